The molecular formula is C11H14Cl2O3S. The predicted octanol–water partition coefficient (Wildman–Crippen LogP) is 2.93. The van der Waals surface area contributed by atoms with Crippen molar-refractivity contribution in [2.75, 3.05) is 12.4 Å². The maximum absolute atomic E-state index is 11.9. The molecule has 0 aromatic heterocycles. The van der Waals surface area contributed by atoms with Gasteiger partial charge < -0.3 is 5.11 Å². The second-order valence-electron chi connectivity index (χ2n) is 3.68. The summed E-state index contributed by atoms with van der Waals surface area (Å²) < 4.78 is 23.8. The number of hydrogen-bond acceptors (Lipinski definition) is 3. The summed E-state index contributed by atoms with van der Waals surface area (Å²) in [6.07, 6.45) is 1.84. The van der Waals surface area contributed by atoms with E-state index in [0.717, 1.165) is 0 Å². The third-order valence-electron chi connectivity index (χ3n) is 2.32. The van der Waals surface area contributed by atoms with Crippen LogP contribution in [0.4, 0.5) is 0 Å². The molecular weight excluding hydrogens is 283 g/mol. The van der Waals surface area contributed by atoms with Crippen LogP contribution in [-0.4, -0.2) is 25.9 Å². The molecule has 0 unspecified atom stereocenters. The Morgan fingerprint density at radius 1 is 1.06 bits per heavy atom. The SMILES string of the molecule is O=S(=O)(CCCCCO)c1ccc(Cl)c(Cl)c1. The van der Waals surface area contributed by atoms with Gasteiger partial charge in [0.25, 0.3) is 0 Å². The van der Waals surface area contributed by atoms with Gasteiger partial charge in [0.05, 0.1) is 20.7 Å². The van der Waals surface area contributed by atoms with Crippen molar-refractivity contribution >= 4 is 33.0 Å². The number of rotatable bonds is 6. The van der Waals surface area contributed by atoms with Gasteiger partial charge in [-0.15, -0.1) is 0 Å². The Morgan fingerprint density at radius 3 is 2.35 bits per heavy atom. The highest BCUT2D eigenvalue weighted by Crippen LogP contribution is 2.25. The third-order valence-corrected chi connectivity index (χ3v) is 4.86. The Balaban J connectivity index is 2.72. The number of aliphatic hydroxyl groups excluding tert-OH is 1. The summed E-state index contributed by atoms with van der Waals surface area (Å²) >= 11 is 11.5. The topological polar surface area (TPSA) is 54.4 Å². The van der Waals surface area contributed by atoms with E-state index in [1.807, 2.05) is 0 Å². The summed E-state index contributed by atoms with van der Waals surface area (Å²) in [6, 6.07) is 4.30. The van der Waals surface area contributed by atoms with Gasteiger partial charge >= 0.3 is 0 Å². The van der Waals surface area contributed by atoms with Crippen molar-refractivity contribution in [3.8, 4) is 0 Å². The first-order valence-electron chi connectivity index (χ1n) is 5.26. The molecule has 0 atom stereocenters. The van der Waals surface area contributed by atoms with Crippen LogP contribution in [0.1, 0.15) is 19.3 Å². The van der Waals surface area contributed by atoms with E-state index in [2.05, 4.69) is 0 Å². The van der Waals surface area contributed by atoms with Crippen molar-refractivity contribution < 1.29 is 13.5 Å². The molecule has 0 aliphatic rings. The first-order valence-corrected chi connectivity index (χ1v) is 7.67. The first-order chi connectivity index (χ1) is 7.97. The lowest BCUT2D eigenvalue weighted by atomic mass is 10.3. The molecule has 0 saturated carbocycles. The minimum Gasteiger partial charge on any atom is -0.396 e. The summed E-state index contributed by atoms with van der Waals surface area (Å²) in [6.45, 7) is 0.0901. The van der Waals surface area contributed by atoms with E-state index in [4.69, 9.17) is 28.3 Å². The number of aliphatic hydroxyl groups is 1. The van der Waals surface area contributed by atoms with Crippen LogP contribution in [0, 0.1) is 0 Å². The van der Waals surface area contributed by atoms with Crippen molar-refractivity contribution in [1.29, 1.82) is 0 Å². The highest BCUT2D eigenvalue weighted by Gasteiger charge is 2.15. The number of hydrogen-bond donors (Lipinski definition) is 1. The molecule has 96 valence electrons. The van der Waals surface area contributed by atoms with Gasteiger partial charge in [0.15, 0.2) is 9.84 Å². The first kappa shape index (κ1) is 14.8. The molecule has 1 N–H and O–H groups in total. The number of sulfone groups is 1. The van der Waals surface area contributed by atoms with Crippen LogP contribution in [0.2, 0.25) is 10.0 Å². The van der Waals surface area contributed by atoms with E-state index in [-0.39, 0.29) is 22.3 Å². The highest BCUT2D eigenvalue weighted by molar-refractivity contribution is 7.91. The molecule has 0 aliphatic carbocycles. The molecule has 0 saturated heterocycles. The monoisotopic (exact) mass is 296 g/mol. The summed E-state index contributed by atoms with van der Waals surface area (Å²) in [7, 11) is -3.30. The quantitative estimate of drug-likeness (QED) is 0.821. The Hall–Kier alpha value is -0.290. The van der Waals surface area contributed by atoms with Crippen LogP contribution in [0.15, 0.2) is 23.1 Å². The molecule has 0 amide bonds. The van der Waals surface area contributed by atoms with Gasteiger partial charge in [-0.05, 0) is 31.0 Å². The third kappa shape index (κ3) is 4.47. The maximum Gasteiger partial charge on any atom is 0.178 e. The fourth-order valence-corrected chi connectivity index (χ4v) is 3.12. The second-order valence-corrected chi connectivity index (χ2v) is 6.60. The van der Waals surface area contributed by atoms with Crippen LogP contribution >= 0.6 is 23.2 Å². The zero-order chi connectivity index (χ0) is 12.9. The van der Waals surface area contributed by atoms with E-state index < -0.39 is 9.84 Å². The van der Waals surface area contributed by atoms with Gasteiger partial charge in [-0.2, -0.15) is 0 Å². The fourth-order valence-electron chi connectivity index (χ4n) is 1.37. The zero-order valence-electron chi connectivity index (χ0n) is 9.20. The molecule has 0 spiro atoms. The van der Waals surface area contributed by atoms with Crippen LogP contribution in [0.5, 0.6) is 0 Å². The van der Waals surface area contributed by atoms with Crippen molar-refractivity contribution in [3.05, 3.63) is 28.2 Å². The predicted molar refractivity (Wildman–Crippen MR) is 69.5 cm³/mol. The van der Waals surface area contributed by atoms with Crippen molar-refractivity contribution in [3.63, 3.8) is 0 Å². The van der Waals surface area contributed by atoms with Crippen LogP contribution in [0.3, 0.4) is 0 Å². The average Bonchev–Trinajstić information content (AvgIpc) is 2.28. The van der Waals surface area contributed by atoms with E-state index in [9.17, 15) is 8.42 Å². The van der Waals surface area contributed by atoms with Gasteiger partial charge in [-0.1, -0.05) is 29.6 Å². The fraction of sp³-hybridized carbons (Fsp3) is 0.455. The minimum absolute atomic E-state index is 0.0605. The molecule has 0 heterocycles. The van der Waals surface area contributed by atoms with E-state index in [0.29, 0.717) is 24.3 Å². The molecule has 1 aromatic carbocycles. The smallest absolute Gasteiger partial charge is 0.178 e. The molecule has 3 nitrogen and oxygen atoms in total. The summed E-state index contributed by atoms with van der Waals surface area (Å²) in [4.78, 5) is 0.191. The summed E-state index contributed by atoms with van der Waals surface area (Å²) in [5.74, 6) is 0.0605. The standard InChI is InChI=1S/C11H14Cl2O3S/c12-10-5-4-9(8-11(10)13)17(15,16)7-3-1-2-6-14/h4-5,8,14H,1-3,6-7H2. The molecule has 0 aliphatic heterocycles. The van der Waals surface area contributed by atoms with E-state index >= 15 is 0 Å². The number of benzene rings is 1. The van der Waals surface area contributed by atoms with Crippen LogP contribution in [-0.2, 0) is 9.84 Å². The highest BCUT2D eigenvalue weighted by atomic mass is 35.5. The van der Waals surface area contributed by atoms with Gasteiger partial charge in [-0.25, -0.2) is 8.42 Å². The van der Waals surface area contributed by atoms with Crippen molar-refractivity contribution in [2.24, 2.45) is 0 Å². The molecule has 6 heteroatoms. The largest absolute Gasteiger partial charge is 0.396 e. The molecule has 0 radical (unpaired) electrons. The van der Waals surface area contributed by atoms with Gasteiger partial charge in [0.2, 0.25) is 0 Å². The van der Waals surface area contributed by atoms with Gasteiger partial charge in [0.1, 0.15) is 0 Å². The lowest BCUT2D eigenvalue weighted by Crippen LogP contribution is -2.07. The van der Waals surface area contributed by atoms with Gasteiger partial charge in [-0.3, -0.25) is 0 Å². The summed E-state index contributed by atoms with van der Waals surface area (Å²) in [5, 5.41) is 9.18. The Kier molecular flexibility index (Phi) is 5.73. The molecule has 0 bridgehead atoms. The minimum atomic E-state index is -3.30. The van der Waals surface area contributed by atoms with Crippen LogP contribution in [0.25, 0.3) is 0 Å². The lowest BCUT2D eigenvalue weighted by Gasteiger charge is -2.05. The Bertz CT molecular complexity index is 472. The molecule has 1 aromatic rings. The number of unbranched alkanes of at least 4 members (excludes halogenated alkanes) is 2. The normalized spacial score (nSPS) is 11.7. The Morgan fingerprint density at radius 2 is 1.76 bits per heavy atom. The van der Waals surface area contributed by atoms with E-state index in [1.165, 1.54) is 18.2 Å². The molecule has 17 heavy (non-hydrogen) atoms. The van der Waals surface area contributed by atoms with Crippen molar-refractivity contribution in [2.45, 2.75) is 24.2 Å². The maximum atomic E-state index is 11.9. The summed E-state index contributed by atoms with van der Waals surface area (Å²) in [5.41, 5.74) is 0. The second kappa shape index (κ2) is 6.59. The zero-order valence-corrected chi connectivity index (χ0v) is 11.5. The van der Waals surface area contributed by atoms with Gasteiger partial charge in [0, 0.05) is 6.61 Å². The van der Waals surface area contributed by atoms with E-state index in [1.54, 1.807) is 0 Å². The van der Waals surface area contributed by atoms with Crippen LogP contribution < -0.4 is 0 Å². The number of halogens is 2. The molecule has 0 fully saturated rings. The lowest BCUT2D eigenvalue weighted by molar-refractivity contribution is 0.284. The molecule has 1 rings (SSSR count). The van der Waals surface area contributed by atoms with Crippen molar-refractivity contribution in [1.82, 2.24) is 0 Å². The average molecular weight is 297 g/mol. The Labute approximate surface area is 111 Å².